The molecule has 17 heavy (non-hydrogen) atoms. The summed E-state index contributed by atoms with van der Waals surface area (Å²) in [5.74, 6) is -0.197. The zero-order chi connectivity index (χ0) is 11.8. The Balaban J connectivity index is 2.14. The Kier molecular flexibility index (Phi) is 2.73. The molecule has 84 valence electrons. The molecule has 0 amide bonds. The van der Waals surface area contributed by atoms with Gasteiger partial charge in [0.15, 0.2) is 0 Å². The van der Waals surface area contributed by atoms with Gasteiger partial charge >= 0.3 is 0 Å². The van der Waals surface area contributed by atoms with E-state index in [2.05, 4.69) is 34.1 Å². The molecule has 0 radical (unpaired) electrons. The van der Waals surface area contributed by atoms with Crippen molar-refractivity contribution >= 4 is 37.4 Å². The molecule has 3 rings (SSSR count). The van der Waals surface area contributed by atoms with Crippen LogP contribution in [0.15, 0.2) is 53.0 Å². The number of thiophene rings is 1. The minimum atomic E-state index is -0.197. The van der Waals surface area contributed by atoms with E-state index in [1.165, 1.54) is 22.2 Å². The van der Waals surface area contributed by atoms with Crippen LogP contribution in [-0.2, 0) is 0 Å². The first kappa shape index (κ1) is 10.9. The summed E-state index contributed by atoms with van der Waals surface area (Å²) in [6.45, 7) is 0. The van der Waals surface area contributed by atoms with E-state index < -0.39 is 0 Å². The molecule has 1 heterocycles. The third-order valence-corrected chi connectivity index (χ3v) is 4.25. The van der Waals surface area contributed by atoms with E-state index in [0.29, 0.717) is 0 Å². The molecule has 0 saturated heterocycles. The molecule has 0 spiro atoms. The Bertz CT molecular complexity index is 670. The van der Waals surface area contributed by atoms with Gasteiger partial charge in [-0.2, -0.15) is 0 Å². The molecule has 0 atom stereocenters. The monoisotopic (exact) mass is 306 g/mol. The lowest BCUT2D eigenvalue weighted by atomic mass is 10.1. The van der Waals surface area contributed by atoms with Crippen molar-refractivity contribution < 1.29 is 4.39 Å². The number of hydrogen-bond donors (Lipinski definition) is 0. The molecule has 0 bridgehead atoms. The van der Waals surface area contributed by atoms with Crippen molar-refractivity contribution in [3.05, 3.63) is 58.8 Å². The zero-order valence-electron chi connectivity index (χ0n) is 8.78. The Hall–Kier alpha value is -1.19. The van der Waals surface area contributed by atoms with Gasteiger partial charge in [0.05, 0.1) is 0 Å². The standard InChI is InChI=1S/C14H8BrFS/c15-11-4-1-10-7-13(17-14(10)8-11)9-2-5-12(16)6-3-9/h1-8H. The van der Waals surface area contributed by atoms with Crippen LogP contribution in [0.2, 0.25) is 0 Å². The molecule has 0 fully saturated rings. The maximum Gasteiger partial charge on any atom is 0.123 e. The fraction of sp³-hybridized carbons (Fsp3) is 0. The zero-order valence-corrected chi connectivity index (χ0v) is 11.2. The van der Waals surface area contributed by atoms with E-state index in [-0.39, 0.29) is 5.82 Å². The first-order chi connectivity index (χ1) is 8.22. The molecule has 0 nitrogen and oxygen atoms in total. The summed E-state index contributed by atoms with van der Waals surface area (Å²) in [5.41, 5.74) is 1.06. The second-order valence-electron chi connectivity index (χ2n) is 3.80. The fourth-order valence-corrected chi connectivity index (χ4v) is 3.38. The molecule has 2 aromatic carbocycles. The SMILES string of the molecule is Fc1ccc(-c2cc3ccc(Br)cc3s2)cc1. The summed E-state index contributed by atoms with van der Waals surface area (Å²) in [7, 11) is 0. The maximum atomic E-state index is 12.9. The topological polar surface area (TPSA) is 0 Å². The first-order valence-electron chi connectivity index (χ1n) is 5.17. The fourth-order valence-electron chi connectivity index (χ4n) is 1.76. The van der Waals surface area contributed by atoms with Crippen LogP contribution >= 0.6 is 27.3 Å². The van der Waals surface area contributed by atoms with Gasteiger partial charge in [-0.25, -0.2) is 4.39 Å². The lowest BCUT2D eigenvalue weighted by Crippen LogP contribution is -1.73. The Morgan fingerprint density at radius 3 is 2.47 bits per heavy atom. The number of halogens is 2. The maximum absolute atomic E-state index is 12.9. The molecule has 1 aromatic heterocycles. The molecule has 3 heteroatoms. The van der Waals surface area contributed by atoms with Gasteiger partial charge in [0.1, 0.15) is 5.82 Å². The number of fused-ring (bicyclic) bond motifs is 1. The van der Waals surface area contributed by atoms with Crippen molar-refractivity contribution in [2.45, 2.75) is 0 Å². The van der Waals surface area contributed by atoms with E-state index in [9.17, 15) is 4.39 Å². The minimum Gasteiger partial charge on any atom is -0.207 e. The summed E-state index contributed by atoms with van der Waals surface area (Å²) < 4.78 is 15.2. The minimum absolute atomic E-state index is 0.197. The van der Waals surface area contributed by atoms with E-state index in [1.54, 1.807) is 11.3 Å². The Labute approximate surface area is 111 Å². The summed E-state index contributed by atoms with van der Waals surface area (Å²) in [6.07, 6.45) is 0. The van der Waals surface area contributed by atoms with Gasteiger partial charge in [0.2, 0.25) is 0 Å². The lowest BCUT2D eigenvalue weighted by Gasteiger charge is -1.95. The first-order valence-corrected chi connectivity index (χ1v) is 6.78. The third kappa shape index (κ3) is 2.13. The van der Waals surface area contributed by atoms with Crippen LogP contribution in [0.1, 0.15) is 0 Å². The highest BCUT2D eigenvalue weighted by Crippen LogP contribution is 2.34. The highest BCUT2D eigenvalue weighted by atomic mass is 79.9. The van der Waals surface area contributed by atoms with Crippen LogP contribution < -0.4 is 0 Å². The highest BCUT2D eigenvalue weighted by Gasteiger charge is 2.04. The van der Waals surface area contributed by atoms with Crippen molar-refractivity contribution in [2.75, 3.05) is 0 Å². The average molecular weight is 307 g/mol. The van der Waals surface area contributed by atoms with E-state index in [4.69, 9.17) is 0 Å². The van der Waals surface area contributed by atoms with Gasteiger partial charge in [-0.1, -0.05) is 34.1 Å². The predicted octanol–water partition coefficient (Wildman–Crippen LogP) is 5.47. The number of benzene rings is 2. The third-order valence-electron chi connectivity index (χ3n) is 2.61. The van der Waals surface area contributed by atoms with Crippen molar-refractivity contribution in [2.24, 2.45) is 0 Å². The molecule has 0 aliphatic carbocycles. The van der Waals surface area contributed by atoms with Gasteiger partial charge in [-0.3, -0.25) is 0 Å². The van der Waals surface area contributed by atoms with Crippen LogP contribution in [0.5, 0.6) is 0 Å². The summed E-state index contributed by atoms with van der Waals surface area (Å²) >= 11 is 5.18. The van der Waals surface area contributed by atoms with Crippen molar-refractivity contribution in [1.82, 2.24) is 0 Å². The van der Waals surface area contributed by atoms with Crippen LogP contribution in [0.25, 0.3) is 20.5 Å². The summed E-state index contributed by atoms with van der Waals surface area (Å²) in [4.78, 5) is 1.16. The van der Waals surface area contributed by atoms with E-state index in [1.807, 2.05) is 18.2 Å². The molecular formula is C14H8BrFS. The summed E-state index contributed by atoms with van der Waals surface area (Å²) in [6, 6.07) is 15.0. The quantitative estimate of drug-likeness (QED) is 0.559. The second kappa shape index (κ2) is 4.24. The molecule has 3 aromatic rings. The van der Waals surface area contributed by atoms with Crippen molar-refractivity contribution in [1.29, 1.82) is 0 Å². The van der Waals surface area contributed by atoms with Crippen LogP contribution in [0.4, 0.5) is 4.39 Å². The molecular weight excluding hydrogens is 299 g/mol. The van der Waals surface area contributed by atoms with Gasteiger partial charge in [-0.05, 0) is 41.3 Å². The van der Waals surface area contributed by atoms with Gasteiger partial charge in [0.25, 0.3) is 0 Å². The highest BCUT2D eigenvalue weighted by molar-refractivity contribution is 9.10. The Morgan fingerprint density at radius 1 is 0.941 bits per heavy atom. The van der Waals surface area contributed by atoms with Gasteiger partial charge in [0, 0.05) is 14.0 Å². The molecule has 0 unspecified atom stereocenters. The van der Waals surface area contributed by atoms with Crippen LogP contribution in [0.3, 0.4) is 0 Å². The number of hydrogen-bond acceptors (Lipinski definition) is 1. The second-order valence-corrected chi connectivity index (χ2v) is 5.80. The number of rotatable bonds is 1. The van der Waals surface area contributed by atoms with E-state index >= 15 is 0 Å². The smallest absolute Gasteiger partial charge is 0.123 e. The van der Waals surface area contributed by atoms with Crippen molar-refractivity contribution in [3.63, 3.8) is 0 Å². The Morgan fingerprint density at radius 2 is 1.71 bits per heavy atom. The van der Waals surface area contributed by atoms with Gasteiger partial charge < -0.3 is 0 Å². The lowest BCUT2D eigenvalue weighted by molar-refractivity contribution is 0.628. The molecule has 0 aliphatic heterocycles. The summed E-state index contributed by atoms with van der Waals surface area (Å²) in [5, 5.41) is 1.22. The molecule has 0 N–H and O–H groups in total. The van der Waals surface area contributed by atoms with Crippen LogP contribution in [0, 0.1) is 5.82 Å². The molecule has 0 saturated carbocycles. The van der Waals surface area contributed by atoms with Crippen LogP contribution in [-0.4, -0.2) is 0 Å². The average Bonchev–Trinajstić information content (AvgIpc) is 2.72. The van der Waals surface area contributed by atoms with Gasteiger partial charge in [-0.15, -0.1) is 11.3 Å². The van der Waals surface area contributed by atoms with E-state index in [0.717, 1.165) is 14.9 Å². The normalized spacial score (nSPS) is 10.9. The van der Waals surface area contributed by atoms with Crippen molar-refractivity contribution in [3.8, 4) is 10.4 Å². The largest absolute Gasteiger partial charge is 0.207 e. The molecule has 0 aliphatic rings. The predicted molar refractivity (Wildman–Crippen MR) is 74.9 cm³/mol.